The number of anilines is 1. The molecule has 2 atom stereocenters. The van der Waals surface area contributed by atoms with Gasteiger partial charge in [0, 0.05) is 42.4 Å². The zero-order valence-electron chi connectivity index (χ0n) is 17.2. The van der Waals surface area contributed by atoms with Crippen LogP contribution >= 0.6 is 0 Å². The van der Waals surface area contributed by atoms with Crippen LogP contribution in [0, 0.1) is 13.8 Å². The van der Waals surface area contributed by atoms with E-state index in [4.69, 9.17) is 4.98 Å². The molecule has 1 fully saturated rings. The number of benzene rings is 1. The monoisotopic (exact) mass is 387 g/mol. The Balaban J connectivity index is 1.51. The fourth-order valence-corrected chi connectivity index (χ4v) is 4.23. The highest BCUT2D eigenvalue weighted by atomic mass is 15.3. The number of imidazole rings is 1. The number of aryl methyl sites for hydroxylation is 2. The molecular formula is C22H25N7. The SMILES string of the molecule is Cc1cn2nc(-c3ncc4cc(N5C[C@@H](C)N[C@@H](C)C5)ccc4n3)cc(C)c2n1. The molecule has 3 aromatic heterocycles. The third-order valence-electron chi connectivity index (χ3n) is 5.44. The van der Waals surface area contributed by atoms with Gasteiger partial charge in [-0.25, -0.2) is 19.5 Å². The van der Waals surface area contributed by atoms with Crippen molar-refractivity contribution >= 4 is 22.2 Å². The molecule has 1 aromatic carbocycles. The quantitative estimate of drug-likeness (QED) is 0.570. The largest absolute Gasteiger partial charge is 0.368 e. The first-order chi connectivity index (χ1) is 14.0. The van der Waals surface area contributed by atoms with Gasteiger partial charge in [-0.05, 0) is 57.5 Å². The fourth-order valence-electron chi connectivity index (χ4n) is 4.23. The lowest BCUT2D eigenvalue weighted by Gasteiger charge is -2.37. The summed E-state index contributed by atoms with van der Waals surface area (Å²) >= 11 is 0. The van der Waals surface area contributed by atoms with E-state index in [0.717, 1.165) is 46.6 Å². The molecule has 1 aliphatic heterocycles. The Morgan fingerprint density at radius 3 is 2.62 bits per heavy atom. The van der Waals surface area contributed by atoms with Gasteiger partial charge < -0.3 is 10.2 Å². The number of rotatable bonds is 2. The number of hydrogen-bond acceptors (Lipinski definition) is 6. The van der Waals surface area contributed by atoms with E-state index in [-0.39, 0.29) is 0 Å². The van der Waals surface area contributed by atoms with Crippen LogP contribution in [0.2, 0.25) is 0 Å². The molecule has 0 amide bonds. The normalized spacial score (nSPS) is 19.9. The van der Waals surface area contributed by atoms with E-state index in [0.29, 0.717) is 17.9 Å². The fraction of sp³-hybridized carbons (Fsp3) is 0.364. The Bertz CT molecular complexity index is 1200. The summed E-state index contributed by atoms with van der Waals surface area (Å²) in [4.78, 5) is 16.3. The highest BCUT2D eigenvalue weighted by Crippen LogP contribution is 2.25. The van der Waals surface area contributed by atoms with Gasteiger partial charge >= 0.3 is 0 Å². The van der Waals surface area contributed by atoms with Gasteiger partial charge in [0.25, 0.3) is 0 Å². The van der Waals surface area contributed by atoms with Crippen LogP contribution in [-0.4, -0.2) is 49.7 Å². The standard InChI is InChI=1S/C22H25N7/c1-13-7-20(27-29-12-16(4)25-22(13)29)21-23-9-17-8-18(5-6-19(17)26-21)28-10-14(2)24-15(3)11-28/h5-9,12,14-15,24H,10-11H2,1-4H3/t14-,15+. The second kappa shape index (κ2) is 6.77. The molecule has 0 bridgehead atoms. The van der Waals surface area contributed by atoms with Gasteiger partial charge in [-0.15, -0.1) is 0 Å². The zero-order chi connectivity index (χ0) is 20.1. The molecule has 1 saturated heterocycles. The highest BCUT2D eigenvalue weighted by Gasteiger charge is 2.21. The molecule has 29 heavy (non-hydrogen) atoms. The van der Waals surface area contributed by atoms with Crippen LogP contribution in [0.1, 0.15) is 25.1 Å². The summed E-state index contributed by atoms with van der Waals surface area (Å²) in [6.45, 7) is 10.5. The van der Waals surface area contributed by atoms with Crippen molar-refractivity contribution in [2.24, 2.45) is 0 Å². The van der Waals surface area contributed by atoms with Crippen LogP contribution < -0.4 is 10.2 Å². The molecular weight excluding hydrogens is 362 g/mol. The molecule has 148 valence electrons. The van der Waals surface area contributed by atoms with Gasteiger partial charge in [-0.3, -0.25) is 0 Å². The van der Waals surface area contributed by atoms with Crippen molar-refractivity contribution in [2.45, 2.75) is 39.8 Å². The van der Waals surface area contributed by atoms with Crippen molar-refractivity contribution in [1.29, 1.82) is 0 Å². The van der Waals surface area contributed by atoms with Crippen LogP contribution in [0.25, 0.3) is 28.1 Å². The van der Waals surface area contributed by atoms with Gasteiger partial charge in [0.2, 0.25) is 0 Å². The molecule has 1 N–H and O–H groups in total. The molecule has 1 aliphatic rings. The van der Waals surface area contributed by atoms with E-state index < -0.39 is 0 Å². The van der Waals surface area contributed by atoms with Crippen molar-refractivity contribution in [1.82, 2.24) is 29.9 Å². The molecule has 0 spiro atoms. The minimum atomic E-state index is 0.476. The maximum absolute atomic E-state index is 4.78. The molecule has 7 heteroatoms. The van der Waals surface area contributed by atoms with E-state index in [1.807, 2.05) is 36.8 Å². The minimum Gasteiger partial charge on any atom is -0.368 e. The van der Waals surface area contributed by atoms with Crippen LogP contribution in [0.5, 0.6) is 0 Å². The van der Waals surface area contributed by atoms with E-state index in [2.05, 4.69) is 57.3 Å². The van der Waals surface area contributed by atoms with Gasteiger partial charge in [-0.2, -0.15) is 5.10 Å². The lowest BCUT2D eigenvalue weighted by Crippen LogP contribution is -2.54. The third-order valence-corrected chi connectivity index (χ3v) is 5.44. The summed E-state index contributed by atoms with van der Waals surface area (Å²) < 4.78 is 1.81. The highest BCUT2D eigenvalue weighted by molar-refractivity contribution is 5.83. The average Bonchev–Trinajstić information content (AvgIpc) is 3.07. The van der Waals surface area contributed by atoms with E-state index in [1.54, 1.807) is 0 Å². The smallest absolute Gasteiger partial charge is 0.180 e. The summed E-state index contributed by atoms with van der Waals surface area (Å²) in [5, 5.41) is 9.28. The van der Waals surface area contributed by atoms with Gasteiger partial charge in [0.15, 0.2) is 11.5 Å². The van der Waals surface area contributed by atoms with Crippen molar-refractivity contribution in [3.63, 3.8) is 0 Å². The maximum Gasteiger partial charge on any atom is 0.180 e. The molecule has 0 unspecified atom stereocenters. The third kappa shape index (κ3) is 3.31. The molecule has 0 saturated carbocycles. The number of nitrogens with one attached hydrogen (secondary N) is 1. The first-order valence-corrected chi connectivity index (χ1v) is 10.1. The Morgan fingerprint density at radius 2 is 1.83 bits per heavy atom. The van der Waals surface area contributed by atoms with Crippen LogP contribution in [0.4, 0.5) is 5.69 Å². The lowest BCUT2D eigenvalue weighted by atomic mass is 10.1. The van der Waals surface area contributed by atoms with Crippen LogP contribution in [0.3, 0.4) is 0 Å². The van der Waals surface area contributed by atoms with Gasteiger partial charge in [0.1, 0.15) is 5.69 Å². The van der Waals surface area contributed by atoms with Gasteiger partial charge in [0.05, 0.1) is 17.4 Å². The van der Waals surface area contributed by atoms with Gasteiger partial charge in [-0.1, -0.05) is 0 Å². The Labute approximate surface area is 169 Å². The number of nitrogens with zero attached hydrogens (tertiary/aromatic N) is 6. The first kappa shape index (κ1) is 18.0. The van der Waals surface area contributed by atoms with E-state index in [1.165, 1.54) is 5.69 Å². The molecule has 5 rings (SSSR count). The Hall–Kier alpha value is -3.06. The van der Waals surface area contributed by atoms with Crippen molar-refractivity contribution in [2.75, 3.05) is 18.0 Å². The summed E-state index contributed by atoms with van der Waals surface area (Å²) in [5.41, 5.74) is 5.78. The number of fused-ring (bicyclic) bond motifs is 2. The van der Waals surface area contributed by atoms with E-state index in [9.17, 15) is 0 Å². The van der Waals surface area contributed by atoms with Crippen LogP contribution in [0.15, 0.2) is 36.7 Å². The number of aromatic nitrogens is 5. The minimum absolute atomic E-state index is 0.476. The zero-order valence-corrected chi connectivity index (χ0v) is 17.2. The Morgan fingerprint density at radius 1 is 1.03 bits per heavy atom. The number of hydrogen-bond donors (Lipinski definition) is 1. The van der Waals surface area contributed by atoms with E-state index >= 15 is 0 Å². The second-order valence-electron chi connectivity index (χ2n) is 8.17. The molecule has 4 heterocycles. The molecule has 4 aromatic rings. The topological polar surface area (TPSA) is 71.2 Å². The summed E-state index contributed by atoms with van der Waals surface area (Å²) in [7, 11) is 0. The summed E-state index contributed by atoms with van der Waals surface area (Å²) in [6.07, 6.45) is 3.82. The number of piperazine rings is 1. The van der Waals surface area contributed by atoms with Crippen molar-refractivity contribution in [3.05, 3.63) is 47.9 Å². The predicted octanol–water partition coefficient (Wildman–Crippen LogP) is 3.14. The second-order valence-corrected chi connectivity index (χ2v) is 8.17. The molecule has 0 aliphatic carbocycles. The Kier molecular flexibility index (Phi) is 4.20. The van der Waals surface area contributed by atoms with Crippen molar-refractivity contribution in [3.8, 4) is 11.5 Å². The lowest BCUT2D eigenvalue weighted by molar-refractivity contribution is 0.407. The van der Waals surface area contributed by atoms with Crippen molar-refractivity contribution < 1.29 is 0 Å². The summed E-state index contributed by atoms with van der Waals surface area (Å²) in [6, 6.07) is 9.38. The maximum atomic E-state index is 4.78. The summed E-state index contributed by atoms with van der Waals surface area (Å²) in [5.74, 6) is 0.631. The average molecular weight is 387 g/mol. The molecule has 0 radical (unpaired) electrons. The van der Waals surface area contributed by atoms with Crippen LogP contribution in [-0.2, 0) is 0 Å². The predicted molar refractivity (Wildman–Crippen MR) is 115 cm³/mol. The molecule has 7 nitrogen and oxygen atoms in total. The first-order valence-electron chi connectivity index (χ1n) is 10.1.